The normalized spacial score (nSPS) is 19.7. The van der Waals surface area contributed by atoms with Gasteiger partial charge in [0.2, 0.25) is 0 Å². The Morgan fingerprint density at radius 1 is 1.50 bits per heavy atom. The molecule has 4 nitrogen and oxygen atoms in total. The zero-order valence-corrected chi connectivity index (χ0v) is 10.7. The predicted molar refractivity (Wildman–Crippen MR) is 71.7 cm³/mol. The van der Waals surface area contributed by atoms with Gasteiger partial charge in [-0.05, 0) is 30.9 Å². The Kier molecular flexibility index (Phi) is 4.20. The summed E-state index contributed by atoms with van der Waals surface area (Å²) in [7, 11) is 1.82. The number of likely N-dealkylation sites (tertiary alicyclic amines) is 1. The third-order valence-corrected chi connectivity index (χ3v) is 3.49. The summed E-state index contributed by atoms with van der Waals surface area (Å²) in [6.07, 6.45) is 1.98. The number of nitrogens with zero attached hydrogens (tertiary/aromatic N) is 1. The van der Waals surface area contributed by atoms with Crippen LogP contribution in [0.2, 0.25) is 0 Å². The van der Waals surface area contributed by atoms with Crippen LogP contribution in [-0.4, -0.2) is 42.7 Å². The largest absolute Gasteiger partial charge is 0.396 e. The lowest BCUT2D eigenvalue weighted by Crippen LogP contribution is -2.41. The van der Waals surface area contributed by atoms with Crippen LogP contribution in [0.3, 0.4) is 0 Å². The van der Waals surface area contributed by atoms with Gasteiger partial charge in [-0.15, -0.1) is 0 Å². The summed E-state index contributed by atoms with van der Waals surface area (Å²) in [6, 6.07) is 7.54. The molecule has 2 N–H and O–H groups in total. The Bertz CT molecular complexity index is 420. The first-order valence-electron chi connectivity index (χ1n) is 6.43. The van der Waals surface area contributed by atoms with E-state index in [0.29, 0.717) is 12.1 Å². The molecule has 1 aliphatic heterocycles. The Morgan fingerprint density at radius 2 is 2.28 bits per heavy atom. The van der Waals surface area contributed by atoms with Crippen LogP contribution < -0.4 is 5.32 Å². The summed E-state index contributed by atoms with van der Waals surface area (Å²) in [5.74, 6) is 0.280. The predicted octanol–water partition coefficient (Wildman–Crippen LogP) is 1.57. The van der Waals surface area contributed by atoms with E-state index in [1.807, 2.05) is 36.2 Å². The second-order valence-electron chi connectivity index (χ2n) is 4.74. The van der Waals surface area contributed by atoms with Crippen molar-refractivity contribution >= 4 is 11.6 Å². The van der Waals surface area contributed by atoms with Crippen LogP contribution in [0.25, 0.3) is 0 Å². The molecule has 98 valence electrons. The average Bonchev–Trinajstić information content (AvgIpc) is 2.46. The lowest BCUT2D eigenvalue weighted by molar-refractivity contribution is 0.0621. The number of carbonyl (C=O) groups is 1. The number of anilines is 1. The quantitative estimate of drug-likeness (QED) is 0.853. The van der Waals surface area contributed by atoms with Crippen LogP contribution in [0.5, 0.6) is 0 Å². The van der Waals surface area contributed by atoms with Crippen LogP contribution in [0.1, 0.15) is 23.2 Å². The molecule has 0 aromatic heterocycles. The van der Waals surface area contributed by atoms with E-state index in [-0.39, 0.29) is 18.4 Å². The highest BCUT2D eigenvalue weighted by atomic mass is 16.3. The van der Waals surface area contributed by atoms with Gasteiger partial charge in [0, 0.05) is 32.4 Å². The maximum Gasteiger partial charge on any atom is 0.255 e. The fourth-order valence-corrected chi connectivity index (χ4v) is 2.46. The van der Waals surface area contributed by atoms with E-state index >= 15 is 0 Å². The number of piperidine rings is 1. The van der Waals surface area contributed by atoms with E-state index in [2.05, 4.69) is 5.32 Å². The van der Waals surface area contributed by atoms with Crippen molar-refractivity contribution < 1.29 is 9.90 Å². The molecule has 1 aromatic carbocycles. The SMILES string of the molecule is CNc1ccccc1C(=O)N1CCCC(CO)C1. The minimum absolute atomic E-state index is 0.0538. The van der Waals surface area contributed by atoms with Gasteiger partial charge in [-0.1, -0.05) is 12.1 Å². The number of para-hydroxylation sites is 1. The Hall–Kier alpha value is -1.55. The molecule has 0 radical (unpaired) electrons. The van der Waals surface area contributed by atoms with E-state index in [1.165, 1.54) is 0 Å². The zero-order chi connectivity index (χ0) is 13.0. The van der Waals surface area contributed by atoms with Crippen LogP contribution >= 0.6 is 0 Å². The lowest BCUT2D eigenvalue weighted by Gasteiger charge is -2.32. The molecule has 1 amide bonds. The second kappa shape index (κ2) is 5.87. The molecule has 4 heteroatoms. The minimum Gasteiger partial charge on any atom is -0.396 e. The van der Waals surface area contributed by atoms with Crippen LogP contribution in [0.4, 0.5) is 5.69 Å². The first-order valence-corrected chi connectivity index (χ1v) is 6.43. The number of aliphatic hydroxyl groups excluding tert-OH is 1. The van der Waals surface area contributed by atoms with Gasteiger partial charge in [0.1, 0.15) is 0 Å². The molecule has 0 bridgehead atoms. The van der Waals surface area contributed by atoms with Crippen LogP contribution in [0.15, 0.2) is 24.3 Å². The number of aliphatic hydroxyl groups is 1. The third-order valence-electron chi connectivity index (χ3n) is 3.49. The fraction of sp³-hybridized carbons (Fsp3) is 0.500. The minimum atomic E-state index is 0.0538. The molecule has 18 heavy (non-hydrogen) atoms. The molecule has 1 aromatic rings. The van der Waals surface area contributed by atoms with Crippen molar-refractivity contribution in [2.75, 3.05) is 32.1 Å². The van der Waals surface area contributed by atoms with Crippen molar-refractivity contribution in [1.82, 2.24) is 4.90 Å². The molecule has 0 spiro atoms. The van der Waals surface area contributed by atoms with Gasteiger partial charge in [0.15, 0.2) is 0 Å². The van der Waals surface area contributed by atoms with Crippen molar-refractivity contribution in [3.8, 4) is 0 Å². The lowest BCUT2D eigenvalue weighted by atomic mass is 9.98. The van der Waals surface area contributed by atoms with Crippen molar-refractivity contribution in [1.29, 1.82) is 0 Å². The van der Waals surface area contributed by atoms with Crippen molar-refractivity contribution in [2.24, 2.45) is 5.92 Å². The van der Waals surface area contributed by atoms with Gasteiger partial charge in [-0.25, -0.2) is 0 Å². The van der Waals surface area contributed by atoms with Crippen LogP contribution in [-0.2, 0) is 0 Å². The van der Waals surface area contributed by atoms with E-state index in [9.17, 15) is 9.90 Å². The highest BCUT2D eigenvalue weighted by Crippen LogP contribution is 2.21. The van der Waals surface area contributed by atoms with E-state index in [1.54, 1.807) is 0 Å². The number of rotatable bonds is 3. The number of benzene rings is 1. The summed E-state index contributed by atoms with van der Waals surface area (Å²) in [4.78, 5) is 14.3. The molecule has 1 heterocycles. The molecule has 0 saturated carbocycles. The highest BCUT2D eigenvalue weighted by Gasteiger charge is 2.25. The van der Waals surface area contributed by atoms with E-state index in [0.717, 1.165) is 25.1 Å². The topological polar surface area (TPSA) is 52.6 Å². The summed E-state index contributed by atoms with van der Waals surface area (Å²) < 4.78 is 0. The number of hydrogen-bond acceptors (Lipinski definition) is 3. The van der Waals surface area contributed by atoms with Gasteiger partial charge in [-0.2, -0.15) is 0 Å². The van der Waals surface area contributed by atoms with Gasteiger partial charge < -0.3 is 15.3 Å². The standard InChI is InChI=1S/C14H20N2O2/c1-15-13-7-3-2-6-12(13)14(18)16-8-4-5-11(9-16)10-17/h2-3,6-7,11,15,17H,4-5,8-10H2,1H3. The average molecular weight is 248 g/mol. The fourth-order valence-electron chi connectivity index (χ4n) is 2.46. The van der Waals surface area contributed by atoms with Gasteiger partial charge in [0.25, 0.3) is 5.91 Å². The first-order chi connectivity index (χ1) is 8.76. The molecule has 0 aliphatic carbocycles. The second-order valence-corrected chi connectivity index (χ2v) is 4.74. The molecule has 1 saturated heterocycles. The Labute approximate surface area is 108 Å². The van der Waals surface area contributed by atoms with E-state index in [4.69, 9.17) is 0 Å². The van der Waals surface area contributed by atoms with E-state index < -0.39 is 0 Å². The summed E-state index contributed by atoms with van der Waals surface area (Å²) in [5.41, 5.74) is 1.56. The van der Waals surface area contributed by atoms with Crippen LogP contribution in [0, 0.1) is 5.92 Å². The number of hydrogen-bond donors (Lipinski definition) is 2. The maximum absolute atomic E-state index is 12.4. The van der Waals surface area contributed by atoms with Crippen molar-refractivity contribution in [3.05, 3.63) is 29.8 Å². The number of amides is 1. The van der Waals surface area contributed by atoms with Crippen molar-refractivity contribution in [3.63, 3.8) is 0 Å². The molecule has 1 fully saturated rings. The smallest absolute Gasteiger partial charge is 0.255 e. The highest BCUT2D eigenvalue weighted by molar-refractivity contribution is 5.99. The van der Waals surface area contributed by atoms with Gasteiger partial charge in [-0.3, -0.25) is 4.79 Å². The van der Waals surface area contributed by atoms with Crippen molar-refractivity contribution in [2.45, 2.75) is 12.8 Å². The van der Waals surface area contributed by atoms with Gasteiger partial charge in [0.05, 0.1) is 5.56 Å². The number of carbonyl (C=O) groups excluding carboxylic acids is 1. The number of nitrogens with one attached hydrogen (secondary N) is 1. The Morgan fingerprint density at radius 3 is 3.00 bits per heavy atom. The van der Waals surface area contributed by atoms with Gasteiger partial charge >= 0.3 is 0 Å². The Balaban J connectivity index is 2.15. The molecule has 2 rings (SSSR count). The monoisotopic (exact) mass is 248 g/mol. The molecule has 1 aliphatic rings. The first kappa shape index (κ1) is 12.9. The molecule has 1 atom stereocenters. The summed E-state index contributed by atoms with van der Waals surface area (Å²) >= 11 is 0. The summed E-state index contributed by atoms with van der Waals surface area (Å²) in [6.45, 7) is 1.61. The zero-order valence-electron chi connectivity index (χ0n) is 10.7. The third kappa shape index (κ3) is 2.64. The molecule has 1 unspecified atom stereocenters. The molecular formula is C14H20N2O2. The maximum atomic E-state index is 12.4. The molecular weight excluding hydrogens is 228 g/mol. The summed E-state index contributed by atoms with van der Waals surface area (Å²) in [5, 5.41) is 12.3.